The Morgan fingerprint density at radius 2 is 2.00 bits per heavy atom. The number of carbonyl (C=O) groups excluding carboxylic acids is 1. The predicted molar refractivity (Wildman–Crippen MR) is 87.6 cm³/mol. The van der Waals surface area contributed by atoms with Gasteiger partial charge in [0.25, 0.3) is 5.91 Å². The number of carbonyl (C=O) groups is 1. The number of amides is 1. The Morgan fingerprint density at radius 1 is 1.29 bits per heavy atom. The summed E-state index contributed by atoms with van der Waals surface area (Å²) in [5.41, 5.74) is 6.96. The highest BCUT2D eigenvalue weighted by atomic mass is 16.5. The quantitative estimate of drug-likeness (QED) is 0.719. The number of nitrogens with one attached hydrogen (secondary N) is 1. The summed E-state index contributed by atoms with van der Waals surface area (Å²) in [6.45, 7) is 8.93. The van der Waals surface area contributed by atoms with Crippen molar-refractivity contribution in [2.45, 2.75) is 53.0 Å². The third-order valence-electron chi connectivity index (χ3n) is 3.37. The summed E-state index contributed by atoms with van der Waals surface area (Å²) in [7, 11) is 0. The average Bonchev–Trinajstić information content (AvgIpc) is 2.40. The second-order valence-electron chi connectivity index (χ2n) is 5.88. The Balaban J connectivity index is 2.53. The number of hydrogen-bond donors (Lipinski definition) is 2. The zero-order valence-corrected chi connectivity index (χ0v) is 13.6. The van der Waals surface area contributed by atoms with E-state index in [4.69, 9.17) is 10.5 Å². The summed E-state index contributed by atoms with van der Waals surface area (Å²) in [5, 5.41) is 3.01. The molecular weight excluding hydrogens is 264 g/mol. The van der Waals surface area contributed by atoms with Gasteiger partial charge in [0.05, 0.1) is 12.3 Å². The van der Waals surface area contributed by atoms with Crippen molar-refractivity contribution >= 4 is 11.6 Å². The van der Waals surface area contributed by atoms with Crippen molar-refractivity contribution in [3.8, 4) is 5.75 Å². The standard InChI is InChI=1S/C17H28N2O2/c1-5-21-16-10-9-14(11-15(16)18)17(20)19-13(4)8-6-7-12(2)3/h9-13H,5-8,18H2,1-4H3,(H,19,20). The first-order valence-corrected chi connectivity index (χ1v) is 7.77. The van der Waals surface area contributed by atoms with Gasteiger partial charge in [0.1, 0.15) is 5.75 Å². The van der Waals surface area contributed by atoms with Crippen LogP contribution in [-0.2, 0) is 0 Å². The van der Waals surface area contributed by atoms with Crippen LogP contribution < -0.4 is 15.8 Å². The van der Waals surface area contributed by atoms with Gasteiger partial charge in [-0.05, 0) is 44.4 Å². The fourth-order valence-corrected chi connectivity index (χ4v) is 2.19. The predicted octanol–water partition coefficient (Wildman–Crippen LogP) is 3.61. The molecule has 1 aromatic carbocycles. The van der Waals surface area contributed by atoms with Crippen LogP contribution >= 0.6 is 0 Å². The molecule has 0 aliphatic heterocycles. The van der Waals surface area contributed by atoms with E-state index in [9.17, 15) is 4.79 Å². The zero-order valence-electron chi connectivity index (χ0n) is 13.6. The van der Waals surface area contributed by atoms with Gasteiger partial charge in [0, 0.05) is 11.6 Å². The summed E-state index contributed by atoms with van der Waals surface area (Å²) < 4.78 is 5.37. The number of rotatable bonds is 8. The summed E-state index contributed by atoms with van der Waals surface area (Å²) in [6.07, 6.45) is 3.32. The third kappa shape index (κ3) is 6.06. The summed E-state index contributed by atoms with van der Waals surface area (Å²) in [6, 6.07) is 5.33. The minimum atomic E-state index is -0.0817. The van der Waals surface area contributed by atoms with Crippen LogP contribution in [0.5, 0.6) is 5.75 Å². The molecule has 4 nitrogen and oxygen atoms in total. The molecule has 118 valence electrons. The maximum absolute atomic E-state index is 12.2. The molecule has 0 heterocycles. The van der Waals surface area contributed by atoms with Crippen LogP contribution in [0.25, 0.3) is 0 Å². The van der Waals surface area contributed by atoms with Crippen LogP contribution in [0.4, 0.5) is 5.69 Å². The summed E-state index contributed by atoms with van der Waals surface area (Å²) in [5.74, 6) is 1.25. The molecule has 0 fully saturated rings. The molecule has 1 amide bonds. The minimum absolute atomic E-state index is 0.0817. The smallest absolute Gasteiger partial charge is 0.251 e. The third-order valence-corrected chi connectivity index (χ3v) is 3.37. The van der Waals surface area contributed by atoms with E-state index >= 15 is 0 Å². The highest BCUT2D eigenvalue weighted by Crippen LogP contribution is 2.22. The van der Waals surface area contributed by atoms with Crippen LogP contribution in [0.2, 0.25) is 0 Å². The summed E-state index contributed by atoms with van der Waals surface area (Å²) >= 11 is 0. The van der Waals surface area contributed by atoms with Gasteiger partial charge in [-0.3, -0.25) is 4.79 Å². The maximum atomic E-state index is 12.2. The molecule has 0 aliphatic carbocycles. The molecule has 1 unspecified atom stereocenters. The van der Waals surface area contributed by atoms with Crippen molar-refractivity contribution in [1.82, 2.24) is 5.32 Å². The van der Waals surface area contributed by atoms with Crippen LogP contribution in [0.15, 0.2) is 18.2 Å². The Bertz CT molecular complexity index is 458. The lowest BCUT2D eigenvalue weighted by atomic mass is 10.0. The van der Waals surface area contributed by atoms with Gasteiger partial charge >= 0.3 is 0 Å². The van der Waals surface area contributed by atoms with E-state index in [0.29, 0.717) is 29.5 Å². The number of anilines is 1. The van der Waals surface area contributed by atoms with Crippen molar-refractivity contribution in [3.63, 3.8) is 0 Å². The molecule has 0 saturated carbocycles. The monoisotopic (exact) mass is 292 g/mol. The van der Waals surface area contributed by atoms with E-state index in [1.165, 1.54) is 6.42 Å². The number of benzene rings is 1. The van der Waals surface area contributed by atoms with Gasteiger partial charge in [-0.2, -0.15) is 0 Å². The molecule has 4 heteroatoms. The first-order chi connectivity index (χ1) is 9.93. The number of hydrogen-bond acceptors (Lipinski definition) is 3. The topological polar surface area (TPSA) is 64.3 Å². The van der Waals surface area contributed by atoms with Crippen molar-refractivity contribution in [2.24, 2.45) is 5.92 Å². The normalized spacial score (nSPS) is 12.2. The van der Waals surface area contributed by atoms with Crippen molar-refractivity contribution in [2.75, 3.05) is 12.3 Å². The Hall–Kier alpha value is -1.71. The van der Waals surface area contributed by atoms with Gasteiger partial charge in [-0.25, -0.2) is 0 Å². The van der Waals surface area contributed by atoms with Crippen LogP contribution in [-0.4, -0.2) is 18.6 Å². The van der Waals surface area contributed by atoms with E-state index in [2.05, 4.69) is 19.2 Å². The average molecular weight is 292 g/mol. The lowest BCUT2D eigenvalue weighted by molar-refractivity contribution is 0.0938. The first kappa shape index (κ1) is 17.3. The van der Waals surface area contributed by atoms with Gasteiger partial charge in [-0.1, -0.05) is 26.7 Å². The zero-order chi connectivity index (χ0) is 15.8. The molecule has 21 heavy (non-hydrogen) atoms. The van der Waals surface area contributed by atoms with E-state index in [1.54, 1.807) is 18.2 Å². The molecule has 0 aliphatic rings. The molecule has 0 saturated heterocycles. The van der Waals surface area contributed by atoms with E-state index in [-0.39, 0.29) is 11.9 Å². The lowest BCUT2D eigenvalue weighted by Gasteiger charge is -2.15. The molecule has 3 N–H and O–H groups in total. The van der Waals surface area contributed by atoms with Gasteiger partial charge in [0.2, 0.25) is 0 Å². The Morgan fingerprint density at radius 3 is 2.57 bits per heavy atom. The fourth-order valence-electron chi connectivity index (χ4n) is 2.19. The SMILES string of the molecule is CCOc1ccc(C(=O)NC(C)CCCC(C)C)cc1N. The second-order valence-corrected chi connectivity index (χ2v) is 5.88. The Kier molecular flexibility index (Phi) is 7.06. The first-order valence-electron chi connectivity index (χ1n) is 7.77. The molecule has 1 atom stereocenters. The van der Waals surface area contributed by atoms with E-state index in [0.717, 1.165) is 12.8 Å². The van der Waals surface area contributed by atoms with Crippen molar-refractivity contribution < 1.29 is 9.53 Å². The molecule has 0 radical (unpaired) electrons. The summed E-state index contributed by atoms with van der Waals surface area (Å²) in [4.78, 5) is 12.2. The van der Waals surface area contributed by atoms with Crippen molar-refractivity contribution in [1.29, 1.82) is 0 Å². The molecular formula is C17H28N2O2. The van der Waals surface area contributed by atoms with E-state index in [1.807, 2.05) is 13.8 Å². The van der Waals surface area contributed by atoms with Crippen LogP contribution in [0, 0.1) is 5.92 Å². The van der Waals surface area contributed by atoms with Crippen molar-refractivity contribution in [3.05, 3.63) is 23.8 Å². The number of ether oxygens (including phenoxy) is 1. The molecule has 0 spiro atoms. The van der Waals surface area contributed by atoms with Gasteiger partial charge in [0.15, 0.2) is 0 Å². The Labute approximate surface area is 128 Å². The van der Waals surface area contributed by atoms with Crippen LogP contribution in [0.3, 0.4) is 0 Å². The maximum Gasteiger partial charge on any atom is 0.251 e. The van der Waals surface area contributed by atoms with Crippen LogP contribution in [0.1, 0.15) is 57.3 Å². The molecule has 1 rings (SSSR count). The van der Waals surface area contributed by atoms with E-state index < -0.39 is 0 Å². The largest absolute Gasteiger partial charge is 0.492 e. The lowest BCUT2D eigenvalue weighted by Crippen LogP contribution is -2.32. The second kappa shape index (κ2) is 8.55. The molecule has 0 bridgehead atoms. The minimum Gasteiger partial charge on any atom is -0.492 e. The van der Waals surface area contributed by atoms with Gasteiger partial charge in [-0.15, -0.1) is 0 Å². The highest BCUT2D eigenvalue weighted by Gasteiger charge is 2.11. The fraction of sp³-hybridized carbons (Fsp3) is 0.588. The number of nitrogen functional groups attached to an aromatic ring is 1. The molecule has 1 aromatic rings. The molecule has 0 aromatic heterocycles. The van der Waals surface area contributed by atoms with Gasteiger partial charge < -0.3 is 15.8 Å². The number of nitrogens with two attached hydrogens (primary N) is 1. The highest BCUT2D eigenvalue weighted by molar-refractivity contribution is 5.95.